The third-order valence-electron chi connectivity index (χ3n) is 4.72. The van der Waals surface area contributed by atoms with Crippen LogP contribution >= 0.6 is 0 Å². The van der Waals surface area contributed by atoms with Gasteiger partial charge in [-0.3, -0.25) is 9.36 Å². The maximum atomic E-state index is 13.2. The van der Waals surface area contributed by atoms with Crippen LogP contribution in [0.1, 0.15) is 40.3 Å². The summed E-state index contributed by atoms with van der Waals surface area (Å²) in [4.78, 5) is 14.1. The standard InChI is InChI=1S/C18H20F2N2O2/c1-12-5-3-4-6-14(12)18(24)9-10-21(11-18)16(23)15-8-7-13(2)22(15)17(19)20/h3-8,17,24H,9-11H2,1-2H3/t18-/m0/s1. The number of aryl methyl sites for hydroxylation is 2. The van der Waals surface area contributed by atoms with E-state index in [1.54, 1.807) is 0 Å². The molecule has 1 fully saturated rings. The van der Waals surface area contributed by atoms with Crippen molar-refractivity contribution in [3.63, 3.8) is 0 Å². The van der Waals surface area contributed by atoms with Crippen LogP contribution in [0.15, 0.2) is 36.4 Å². The van der Waals surface area contributed by atoms with Gasteiger partial charge in [-0.05, 0) is 43.5 Å². The second kappa shape index (κ2) is 6.02. The summed E-state index contributed by atoms with van der Waals surface area (Å²) in [7, 11) is 0. The fourth-order valence-corrected chi connectivity index (χ4v) is 3.43. The zero-order valence-corrected chi connectivity index (χ0v) is 13.7. The number of amides is 1. The lowest BCUT2D eigenvalue weighted by Crippen LogP contribution is -2.35. The van der Waals surface area contributed by atoms with Crippen molar-refractivity contribution < 1.29 is 18.7 Å². The Kier molecular flexibility index (Phi) is 4.17. The number of halogens is 2. The van der Waals surface area contributed by atoms with Crippen LogP contribution in [0.2, 0.25) is 0 Å². The van der Waals surface area contributed by atoms with E-state index >= 15 is 0 Å². The first kappa shape index (κ1) is 16.6. The molecule has 0 unspecified atom stereocenters. The highest BCUT2D eigenvalue weighted by atomic mass is 19.3. The Labute approximate surface area is 139 Å². The molecule has 3 rings (SSSR count). The van der Waals surface area contributed by atoms with Crippen molar-refractivity contribution in [1.82, 2.24) is 9.47 Å². The Morgan fingerprint density at radius 3 is 2.58 bits per heavy atom. The molecule has 6 heteroatoms. The fraction of sp³-hybridized carbons (Fsp3) is 0.389. The molecule has 2 aromatic rings. The summed E-state index contributed by atoms with van der Waals surface area (Å²) >= 11 is 0. The molecule has 0 aliphatic carbocycles. The topological polar surface area (TPSA) is 45.5 Å². The van der Waals surface area contributed by atoms with E-state index in [0.717, 1.165) is 15.7 Å². The molecule has 1 amide bonds. The van der Waals surface area contributed by atoms with Crippen molar-refractivity contribution >= 4 is 5.91 Å². The first-order valence-electron chi connectivity index (χ1n) is 7.87. The van der Waals surface area contributed by atoms with Gasteiger partial charge < -0.3 is 10.0 Å². The summed E-state index contributed by atoms with van der Waals surface area (Å²) in [6.07, 6.45) is 0.387. The molecule has 1 aromatic heterocycles. The van der Waals surface area contributed by atoms with E-state index in [1.165, 1.54) is 24.0 Å². The van der Waals surface area contributed by atoms with E-state index in [-0.39, 0.29) is 12.2 Å². The minimum atomic E-state index is -2.77. The van der Waals surface area contributed by atoms with Crippen molar-refractivity contribution in [2.45, 2.75) is 32.4 Å². The molecule has 1 N–H and O–H groups in total. The van der Waals surface area contributed by atoms with Gasteiger partial charge in [0.05, 0.1) is 6.54 Å². The summed E-state index contributed by atoms with van der Waals surface area (Å²) in [6.45, 7) is 1.11. The number of nitrogens with zero attached hydrogens (tertiary/aromatic N) is 2. The molecule has 4 nitrogen and oxygen atoms in total. The molecule has 0 spiro atoms. The van der Waals surface area contributed by atoms with E-state index in [9.17, 15) is 18.7 Å². The van der Waals surface area contributed by atoms with Gasteiger partial charge in [0.2, 0.25) is 0 Å². The highest BCUT2D eigenvalue weighted by Crippen LogP contribution is 2.34. The highest BCUT2D eigenvalue weighted by Gasteiger charge is 2.41. The highest BCUT2D eigenvalue weighted by molar-refractivity contribution is 5.93. The normalized spacial score (nSPS) is 20.8. The van der Waals surface area contributed by atoms with Gasteiger partial charge in [-0.15, -0.1) is 0 Å². The van der Waals surface area contributed by atoms with Crippen LogP contribution in [-0.4, -0.2) is 33.6 Å². The molecule has 0 radical (unpaired) electrons. The van der Waals surface area contributed by atoms with Gasteiger partial charge in [-0.25, -0.2) is 0 Å². The Bertz CT molecular complexity index is 772. The molecule has 0 saturated carbocycles. The van der Waals surface area contributed by atoms with E-state index in [4.69, 9.17) is 0 Å². The predicted octanol–water partition coefficient (Wildman–Crippen LogP) is 3.23. The molecule has 1 aliphatic heterocycles. The second-order valence-electron chi connectivity index (χ2n) is 6.33. The Morgan fingerprint density at radius 1 is 1.21 bits per heavy atom. The summed E-state index contributed by atoms with van der Waals surface area (Å²) in [6, 6.07) is 10.4. The summed E-state index contributed by atoms with van der Waals surface area (Å²) in [5.74, 6) is -0.479. The average molecular weight is 334 g/mol. The largest absolute Gasteiger partial charge is 0.383 e. The number of carbonyl (C=O) groups is 1. The second-order valence-corrected chi connectivity index (χ2v) is 6.33. The smallest absolute Gasteiger partial charge is 0.319 e. The van der Waals surface area contributed by atoms with Gasteiger partial charge in [0.15, 0.2) is 0 Å². The Balaban J connectivity index is 1.86. The van der Waals surface area contributed by atoms with Crippen molar-refractivity contribution in [3.8, 4) is 0 Å². The van der Waals surface area contributed by atoms with Crippen LogP contribution in [0.4, 0.5) is 8.78 Å². The lowest BCUT2D eigenvalue weighted by Gasteiger charge is -2.25. The van der Waals surface area contributed by atoms with Gasteiger partial charge in [0, 0.05) is 12.2 Å². The number of aromatic nitrogens is 1. The van der Waals surface area contributed by atoms with Gasteiger partial charge in [0.1, 0.15) is 11.3 Å². The maximum Gasteiger partial charge on any atom is 0.319 e. The number of hydrogen-bond donors (Lipinski definition) is 1. The zero-order chi connectivity index (χ0) is 17.5. The first-order chi connectivity index (χ1) is 11.3. The molecule has 0 bridgehead atoms. The summed E-state index contributed by atoms with van der Waals surface area (Å²) in [5.41, 5.74) is 0.873. The van der Waals surface area contributed by atoms with Crippen LogP contribution in [0.5, 0.6) is 0 Å². The maximum absolute atomic E-state index is 13.2. The number of alkyl halides is 2. The number of benzene rings is 1. The van der Waals surface area contributed by atoms with Crippen LogP contribution in [-0.2, 0) is 5.60 Å². The van der Waals surface area contributed by atoms with Crippen LogP contribution in [0.3, 0.4) is 0 Å². The minimum Gasteiger partial charge on any atom is -0.383 e. The van der Waals surface area contributed by atoms with E-state index in [2.05, 4.69) is 0 Å². The van der Waals surface area contributed by atoms with E-state index in [1.807, 2.05) is 31.2 Å². The number of carbonyl (C=O) groups excluding carboxylic acids is 1. The van der Waals surface area contributed by atoms with Crippen molar-refractivity contribution in [3.05, 3.63) is 58.9 Å². The van der Waals surface area contributed by atoms with Crippen LogP contribution in [0.25, 0.3) is 0 Å². The quantitative estimate of drug-likeness (QED) is 0.937. The fourth-order valence-electron chi connectivity index (χ4n) is 3.43. The average Bonchev–Trinajstić information content (AvgIpc) is 3.11. The molecular formula is C18H20F2N2O2. The lowest BCUT2D eigenvalue weighted by molar-refractivity contribution is 0.0382. The van der Waals surface area contributed by atoms with Gasteiger partial charge in [-0.2, -0.15) is 8.78 Å². The Morgan fingerprint density at radius 2 is 1.92 bits per heavy atom. The molecule has 128 valence electrons. The molecular weight excluding hydrogens is 314 g/mol. The number of aliphatic hydroxyl groups is 1. The third-order valence-corrected chi connectivity index (χ3v) is 4.72. The summed E-state index contributed by atoms with van der Waals surface area (Å²) in [5, 5.41) is 10.9. The van der Waals surface area contributed by atoms with Gasteiger partial charge >= 0.3 is 6.55 Å². The number of rotatable bonds is 3. The first-order valence-corrected chi connectivity index (χ1v) is 7.87. The monoisotopic (exact) mass is 334 g/mol. The van der Waals surface area contributed by atoms with Crippen molar-refractivity contribution in [1.29, 1.82) is 0 Å². The van der Waals surface area contributed by atoms with E-state index < -0.39 is 18.1 Å². The number of likely N-dealkylation sites (tertiary alicyclic amines) is 1. The third kappa shape index (κ3) is 2.71. The van der Waals surface area contributed by atoms with E-state index in [0.29, 0.717) is 18.7 Å². The molecule has 1 aliphatic rings. The molecule has 1 saturated heterocycles. The van der Waals surface area contributed by atoms with Crippen molar-refractivity contribution in [2.24, 2.45) is 0 Å². The van der Waals surface area contributed by atoms with Gasteiger partial charge in [-0.1, -0.05) is 24.3 Å². The molecule has 24 heavy (non-hydrogen) atoms. The predicted molar refractivity (Wildman–Crippen MR) is 86.0 cm³/mol. The molecule has 2 heterocycles. The number of β-amino-alcohol motifs (C(OH)–C–C–N with tert-alkyl or cyclic N) is 1. The van der Waals surface area contributed by atoms with Gasteiger partial charge in [0.25, 0.3) is 5.91 Å². The minimum absolute atomic E-state index is 0.0449. The SMILES string of the molecule is Cc1ccccc1[C@]1(O)CCN(C(=O)c2ccc(C)n2C(F)F)C1. The molecule has 1 aromatic carbocycles. The van der Waals surface area contributed by atoms with Crippen LogP contribution < -0.4 is 0 Å². The van der Waals surface area contributed by atoms with Crippen molar-refractivity contribution in [2.75, 3.05) is 13.1 Å². The summed E-state index contributed by atoms with van der Waals surface area (Å²) < 4.78 is 27.1. The Hall–Kier alpha value is -2.21. The lowest BCUT2D eigenvalue weighted by atomic mass is 9.89. The molecule has 1 atom stereocenters. The van der Waals surface area contributed by atoms with Crippen LogP contribution in [0, 0.1) is 13.8 Å². The number of hydrogen-bond acceptors (Lipinski definition) is 2. The zero-order valence-electron chi connectivity index (χ0n) is 13.7.